The van der Waals surface area contributed by atoms with E-state index in [1.54, 1.807) is 35.2 Å². The third kappa shape index (κ3) is 4.27. The smallest absolute Gasteiger partial charge is 0.290 e. The van der Waals surface area contributed by atoms with Gasteiger partial charge >= 0.3 is 0 Å². The summed E-state index contributed by atoms with van der Waals surface area (Å²) < 4.78 is 28.1. The van der Waals surface area contributed by atoms with Crippen LogP contribution in [-0.4, -0.2) is 70.8 Å². The molecule has 1 unspecified atom stereocenters. The Labute approximate surface area is 203 Å². The molecule has 1 aromatic heterocycles. The van der Waals surface area contributed by atoms with Crippen LogP contribution in [0.1, 0.15) is 34.6 Å². The highest BCUT2D eigenvalue weighted by molar-refractivity contribution is 5.99. The molecule has 1 aliphatic rings. The number of ether oxygens (including phenoxy) is 4. The molecule has 2 heterocycles. The SMILES string of the molecule is CCOc1ccc2c(=O)c3c(oc2c1)C(=O)N(CCN(C)C)C3c1cc(OC)c(OC)c(OC)c1. The minimum atomic E-state index is -0.682. The third-order valence-electron chi connectivity index (χ3n) is 6.04. The Hall–Kier alpha value is -3.72. The highest BCUT2D eigenvalue weighted by Crippen LogP contribution is 2.45. The molecular formula is C26H30N2O7. The number of hydrogen-bond donors (Lipinski definition) is 0. The monoisotopic (exact) mass is 482 g/mol. The molecule has 1 atom stereocenters. The van der Waals surface area contributed by atoms with Gasteiger partial charge in [-0.25, -0.2) is 0 Å². The standard InChI is InChI=1S/C26H30N2O7/c1-7-34-16-8-9-17-18(14-16)35-25-21(23(17)29)22(28(26(25)30)11-10-27(2)3)15-12-19(31-4)24(33-6)20(13-15)32-5/h8-9,12-14,22H,7,10-11H2,1-6H3. The van der Waals surface area contributed by atoms with Crippen LogP contribution in [0.3, 0.4) is 0 Å². The number of fused-ring (bicyclic) bond motifs is 2. The van der Waals surface area contributed by atoms with Crippen molar-refractivity contribution >= 4 is 16.9 Å². The van der Waals surface area contributed by atoms with E-state index in [4.69, 9.17) is 23.4 Å². The van der Waals surface area contributed by atoms with Crippen LogP contribution < -0.4 is 24.4 Å². The van der Waals surface area contributed by atoms with Gasteiger partial charge in [0.05, 0.1) is 44.9 Å². The summed E-state index contributed by atoms with van der Waals surface area (Å²) in [5.74, 6) is 1.55. The average Bonchev–Trinajstić information content (AvgIpc) is 3.13. The molecule has 0 radical (unpaired) electrons. The maximum atomic E-state index is 13.8. The zero-order chi connectivity index (χ0) is 25.3. The second-order valence-corrected chi connectivity index (χ2v) is 8.43. The molecule has 0 saturated heterocycles. The average molecular weight is 483 g/mol. The number of carbonyl (C=O) groups excluding carboxylic acids is 1. The van der Waals surface area contributed by atoms with Crippen molar-refractivity contribution in [3.63, 3.8) is 0 Å². The molecule has 4 rings (SSSR count). The fourth-order valence-corrected chi connectivity index (χ4v) is 4.40. The minimum Gasteiger partial charge on any atom is -0.494 e. The molecule has 0 spiro atoms. The van der Waals surface area contributed by atoms with Gasteiger partial charge in [-0.2, -0.15) is 0 Å². The van der Waals surface area contributed by atoms with Gasteiger partial charge in [-0.15, -0.1) is 0 Å². The van der Waals surface area contributed by atoms with Crippen molar-refractivity contribution in [2.45, 2.75) is 13.0 Å². The van der Waals surface area contributed by atoms with Crippen molar-refractivity contribution in [1.82, 2.24) is 9.80 Å². The number of methoxy groups -OCH3 is 3. The Morgan fingerprint density at radius 1 is 1.00 bits per heavy atom. The molecule has 0 bridgehead atoms. The fourth-order valence-electron chi connectivity index (χ4n) is 4.40. The number of benzene rings is 2. The number of carbonyl (C=O) groups is 1. The molecule has 9 heteroatoms. The predicted octanol–water partition coefficient (Wildman–Crippen LogP) is 3.32. The summed E-state index contributed by atoms with van der Waals surface area (Å²) in [6.07, 6.45) is 0. The zero-order valence-corrected chi connectivity index (χ0v) is 20.8. The molecule has 35 heavy (non-hydrogen) atoms. The highest BCUT2D eigenvalue weighted by atomic mass is 16.5. The molecule has 1 aliphatic heterocycles. The fraction of sp³-hybridized carbons (Fsp3) is 0.385. The van der Waals surface area contributed by atoms with E-state index >= 15 is 0 Å². The van der Waals surface area contributed by atoms with Gasteiger partial charge in [0.25, 0.3) is 5.91 Å². The second kappa shape index (κ2) is 9.87. The zero-order valence-electron chi connectivity index (χ0n) is 20.8. The lowest BCUT2D eigenvalue weighted by Crippen LogP contribution is -2.35. The molecule has 0 fully saturated rings. The lowest BCUT2D eigenvalue weighted by Gasteiger charge is -2.27. The van der Waals surface area contributed by atoms with E-state index in [9.17, 15) is 9.59 Å². The normalized spacial score (nSPS) is 15.0. The third-order valence-corrected chi connectivity index (χ3v) is 6.04. The molecule has 9 nitrogen and oxygen atoms in total. The minimum absolute atomic E-state index is 0.0358. The molecule has 3 aromatic rings. The molecule has 0 saturated carbocycles. The number of likely N-dealkylation sites (N-methyl/N-ethyl adjacent to an activating group) is 1. The second-order valence-electron chi connectivity index (χ2n) is 8.43. The van der Waals surface area contributed by atoms with Gasteiger partial charge in [0.1, 0.15) is 11.3 Å². The van der Waals surface area contributed by atoms with E-state index in [1.807, 2.05) is 25.9 Å². The molecular weight excluding hydrogens is 452 g/mol. The largest absolute Gasteiger partial charge is 0.494 e. The first-order valence-corrected chi connectivity index (χ1v) is 11.3. The van der Waals surface area contributed by atoms with Gasteiger partial charge in [0, 0.05) is 19.2 Å². The quantitative estimate of drug-likeness (QED) is 0.459. The maximum Gasteiger partial charge on any atom is 0.290 e. The summed E-state index contributed by atoms with van der Waals surface area (Å²) in [5, 5.41) is 0.381. The van der Waals surface area contributed by atoms with Gasteiger partial charge in [0.15, 0.2) is 16.9 Å². The van der Waals surface area contributed by atoms with Crippen LogP contribution in [0.5, 0.6) is 23.0 Å². The van der Waals surface area contributed by atoms with E-state index in [0.29, 0.717) is 64.8 Å². The van der Waals surface area contributed by atoms with Crippen molar-refractivity contribution in [2.75, 3.05) is 55.1 Å². The maximum absolute atomic E-state index is 13.8. The lowest BCUT2D eigenvalue weighted by molar-refractivity contribution is 0.0716. The van der Waals surface area contributed by atoms with E-state index in [0.717, 1.165) is 0 Å². The van der Waals surface area contributed by atoms with Crippen molar-refractivity contribution in [3.05, 3.63) is 57.4 Å². The Bertz CT molecular complexity index is 1290. The Kier molecular flexibility index (Phi) is 6.88. The van der Waals surface area contributed by atoms with E-state index in [2.05, 4.69) is 0 Å². The number of hydrogen-bond acceptors (Lipinski definition) is 8. The van der Waals surface area contributed by atoms with Crippen LogP contribution in [0.25, 0.3) is 11.0 Å². The topological polar surface area (TPSA) is 90.7 Å². The highest BCUT2D eigenvalue weighted by Gasteiger charge is 2.43. The van der Waals surface area contributed by atoms with Crippen LogP contribution in [0.4, 0.5) is 0 Å². The van der Waals surface area contributed by atoms with Gasteiger partial charge in [-0.3, -0.25) is 9.59 Å². The van der Waals surface area contributed by atoms with E-state index in [-0.39, 0.29) is 17.1 Å². The van der Waals surface area contributed by atoms with Crippen LogP contribution in [0.15, 0.2) is 39.5 Å². The Morgan fingerprint density at radius 2 is 1.69 bits per heavy atom. The van der Waals surface area contributed by atoms with Crippen LogP contribution in [-0.2, 0) is 0 Å². The summed E-state index contributed by atoms with van der Waals surface area (Å²) >= 11 is 0. The summed E-state index contributed by atoms with van der Waals surface area (Å²) in [6.45, 7) is 3.33. The van der Waals surface area contributed by atoms with Crippen molar-refractivity contribution in [3.8, 4) is 23.0 Å². The van der Waals surface area contributed by atoms with E-state index < -0.39 is 6.04 Å². The molecule has 0 N–H and O–H groups in total. The van der Waals surface area contributed by atoms with Crippen molar-refractivity contribution < 1.29 is 28.2 Å². The van der Waals surface area contributed by atoms with Gasteiger partial charge in [-0.1, -0.05) is 0 Å². The summed E-state index contributed by atoms with van der Waals surface area (Å²) in [7, 11) is 8.42. The summed E-state index contributed by atoms with van der Waals surface area (Å²) in [5.41, 5.74) is 0.998. The molecule has 0 aliphatic carbocycles. The van der Waals surface area contributed by atoms with Gasteiger partial charge < -0.3 is 33.2 Å². The van der Waals surface area contributed by atoms with Crippen LogP contribution in [0, 0.1) is 0 Å². The molecule has 2 aromatic carbocycles. The number of nitrogens with zero attached hydrogens (tertiary/aromatic N) is 2. The predicted molar refractivity (Wildman–Crippen MR) is 131 cm³/mol. The van der Waals surface area contributed by atoms with Crippen molar-refractivity contribution in [1.29, 1.82) is 0 Å². The van der Waals surface area contributed by atoms with Gasteiger partial charge in [-0.05, 0) is 50.8 Å². The number of rotatable bonds is 9. The van der Waals surface area contributed by atoms with Gasteiger partial charge in [0.2, 0.25) is 11.5 Å². The first-order chi connectivity index (χ1) is 16.8. The summed E-state index contributed by atoms with van der Waals surface area (Å²) in [4.78, 5) is 31.0. The first-order valence-electron chi connectivity index (χ1n) is 11.3. The van der Waals surface area contributed by atoms with E-state index in [1.165, 1.54) is 21.3 Å². The summed E-state index contributed by atoms with van der Waals surface area (Å²) in [6, 6.07) is 7.89. The molecule has 1 amide bonds. The Morgan fingerprint density at radius 3 is 2.26 bits per heavy atom. The molecule has 186 valence electrons. The van der Waals surface area contributed by atoms with Crippen molar-refractivity contribution in [2.24, 2.45) is 0 Å². The Balaban J connectivity index is 1.96. The number of amides is 1. The first kappa shape index (κ1) is 24.4. The van der Waals surface area contributed by atoms with Crippen LogP contribution in [0.2, 0.25) is 0 Å². The lowest BCUT2D eigenvalue weighted by atomic mass is 9.97. The van der Waals surface area contributed by atoms with Crippen LogP contribution >= 0.6 is 0 Å².